The van der Waals surface area contributed by atoms with E-state index < -0.39 is 5.41 Å². The van der Waals surface area contributed by atoms with Crippen LogP contribution in [0.15, 0.2) is 29.4 Å². The zero-order valence-corrected chi connectivity index (χ0v) is 15.1. The van der Waals surface area contributed by atoms with Gasteiger partial charge in [-0.25, -0.2) is 5.43 Å². The SMILES string of the molecule is CC/C(=N/NC(=O)[C@@]1(C)CC1(Br)Br)c1cccc(Cl)c1. The highest BCUT2D eigenvalue weighted by molar-refractivity contribution is 9.25. The van der Waals surface area contributed by atoms with Crippen LogP contribution in [0.25, 0.3) is 0 Å². The van der Waals surface area contributed by atoms with E-state index in [0.29, 0.717) is 11.4 Å². The van der Waals surface area contributed by atoms with Gasteiger partial charge < -0.3 is 0 Å². The van der Waals surface area contributed by atoms with Gasteiger partial charge in [0.15, 0.2) is 0 Å². The van der Waals surface area contributed by atoms with Gasteiger partial charge in [-0.2, -0.15) is 5.10 Å². The third-order valence-electron chi connectivity index (χ3n) is 3.54. The van der Waals surface area contributed by atoms with Crippen molar-refractivity contribution in [2.24, 2.45) is 10.5 Å². The molecule has 1 aromatic rings. The summed E-state index contributed by atoms with van der Waals surface area (Å²) in [5, 5.41) is 4.90. The quantitative estimate of drug-likeness (QED) is 0.434. The first-order valence-electron chi connectivity index (χ1n) is 6.31. The van der Waals surface area contributed by atoms with Crippen molar-refractivity contribution in [3.8, 4) is 0 Å². The lowest BCUT2D eigenvalue weighted by molar-refractivity contribution is -0.125. The van der Waals surface area contributed by atoms with Crippen molar-refractivity contribution in [2.45, 2.75) is 29.9 Å². The van der Waals surface area contributed by atoms with E-state index in [-0.39, 0.29) is 9.14 Å². The Morgan fingerprint density at radius 3 is 2.65 bits per heavy atom. The molecule has 0 bridgehead atoms. The Labute approximate surface area is 140 Å². The second kappa shape index (κ2) is 5.78. The first-order valence-corrected chi connectivity index (χ1v) is 8.27. The Hall–Kier alpha value is -0.390. The van der Waals surface area contributed by atoms with Gasteiger partial charge in [0, 0.05) is 5.02 Å². The number of hydrazone groups is 1. The lowest BCUT2D eigenvalue weighted by Crippen LogP contribution is -2.30. The second-order valence-electron chi connectivity index (χ2n) is 5.08. The van der Waals surface area contributed by atoms with E-state index in [9.17, 15) is 4.79 Å². The Balaban J connectivity index is 2.12. The smallest absolute Gasteiger partial charge is 0.248 e. The predicted molar refractivity (Wildman–Crippen MR) is 89.7 cm³/mol. The molecule has 3 nitrogen and oxygen atoms in total. The third-order valence-corrected chi connectivity index (χ3v) is 6.09. The Bertz CT molecular complexity index is 574. The molecule has 0 aromatic heterocycles. The van der Waals surface area contributed by atoms with E-state index >= 15 is 0 Å². The largest absolute Gasteiger partial charge is 0.272 e. The Morgan fingerprint density at radius 1 is 1.50 bits per heavy atom. The standard InChI is InChI=1S/C14H15Br2ClN2O/c1-3-11(9-5-4-6-10(17)7-9)18-19-12(20)13(2)8-14(13,15)16/h4-7H,3,8H2,1-2H3,(H,19,20)/b18-11-/t13-/m1/s1. The minimum Gasteiger partial charge on any atom is -0.272 e. The van der Waals surface area contributed by atoms with E-state index in [1.165, 1.54) is 0 Å². The maximum absolute atomic E-state index is 12.2. The van der Waals surface area contributed by atoms with Gasteiger partial charge in [0.2, 0.25) is 5.91 Å². The normalized spacial score (nSPS) is 24.4. The molecule has 1 atom stereocenters. The fraction of sp³-hybridized carbons (Fsp3) is 0.429. The van der Waals surface area contributed by atoms with Crippen molar-refractivity contribution >= 4 is 55.1 Å². The molecule has 0 radical (unpaired) electrons. The van der Waals surface area contributed by atoms with Gasteiger partial charge in [-0.1, -0.05) is 62.5 Å². The number of benzene rings is 1. The minimum absolute atomic E-state index is 0.0979. The summed E-state index contributed by atoms with van der Waals surface area (Å²) in [5.41, 5.74) is 3.91. The molecule has 0 spiro atoms. The molecule has 1 amide bonds. The molecular weight excluding hydrogens is 407 g/mol. The highest BCUT2D eigenvalue weighted by Gasteiger charge is 2.66. The molecule has 1 fully saturated rings. The zero-order valence-electron chi connectivity index (χ0n) is 11.2. The fourth-order valence-electron chi connectivity index (χ4n) is 1.90. The van der Waals surface area contributed by atoms with Crippen LogP contribution in [-0.4, -0.2) is 14.9 Å². The van der Waals surface area contributed by atoms with Crippen LogP contribution in [0, 0.1) is 5.41 Å². The topological polar surface area (TPSA) is 41.5 Å². The lowest BCUT2D eigenvalue weighted by Gasteiger charge is -2.11. The van der Waals surface area contributed by atoms with E-state index in [4.69, 9.17) is 11.6 Å². The van der Waals surface area contributed by atoms with Gasteiger partial charge in [-0.3, -0.25) is 4.79 Å². The maximum Gasteiger partial charge on any atom is 0.248 e. The van der Waals surface area contributed by atoms with Crippen molar-refractivity contribution in [1.82, 2.24) is 5.43 Å². The molecular formula is C14H15Br2ClN2O. The summed E-state index contributed by atoms with van der Waals surface area (Å²) >= 11 is 12.9. The van der Waals surface area contributed by atoms with Crippen LogP contribution in [0.1, 0.15) is 32.3 Å². The van der Waals surface area contributed by atoms with Crippen molar-refractivity contribution in [3.05, 3.63) is 34.9 Å². The molecule has 6 heteroatoms. The number of halogens is 3. The van der Waals surface area contributed by atoms with Crippen LogP contribution >= 0.6 is 43.5 Å². The molecule has 1 N–H and O–H groups in total. The van der Waals surface area contributed by atoms with Crippen molar-refractivity contribution in [1.29, 1.82) is 0 Å². The first kappa shape index (κ1) is 16.0. The fourth-order valence-corrected chi connectivity index (χ4v) is 3.58. The molecule has 0 heterocycles. The summed E-state index contributed by atoms with van der Waals surface area (Å²) in [5.74, 6) is -0.0979. The summed E-state index contributed by atoms with van der Waals surface area (Å²) in [6, 6.07) is 7.45. The van der Waals surface area contributed by atoms with Crippen molar-refractivity contribution in [2.75, 3.05) is 0 Å². The van der Waals surface area contributed by atoms with Crippen LogP contribution in [-0.2, 0) is 4.79 Å². The number of rotatable bonds is 4. The number of alkyl halides is 2. The molecule has 2 rings (SSSR count). The molecule has 0 unspecified atom stereocenters. The van der Waals surface area contributed by atoms with Crippen LogP contribution in [0.3, 0.4) is 0 Å². The molecule has 0 aliphatic heterocycles. The summed E-state index contributed by atoms with van der Waals surface area (Å²) in [6.07, 6.45) is 1.45. The number of carbonyl (C=O) groups excluding carboxylic acids is 1. The molecule has 0 saturated heterocycles. The highest BCUT2D eigenvalue weighted by atomic mass is 79.9. The van der Waals surface area contributed by atoms with Gasteiger partial charge in [-0.05, 0) is 37.5 Å². The Kier molecular flexibility index (Phi) is 4.62. The van der Waals surface area contributed by atoms with Crippen LogP contribution in [0.4, 0.5) is 0 Å². The zero-order chi connectivity index (χ0) is 15.0. The number of hydrogen-bond acceptors (Lipinski definition) is 2. The first-order chi connectivity index (χ1) is 9.30. The van der Waals surface area contributed by atoms with E-state index in [1.54, 1.807) is 0 Å². The third kappa shape index (κ3) is 3.10. The van der Waals surface area contributed by atoms with Gasteiger partial charge in [0.25, 0.3) is 0 Å². The van der Waals surface area contributed by atoms with Gasteiger partial charge in [0.05, 0.1) is 14.4 Å². The van der Waals surface area contributed by atoms with Crippen LogP contribution in [0.5, 0.6) is 0 Å². The molecule has 1 aromatic carbocycles. The molecule has 1 aliphatic carbocycles. The summed E-state index contributed by atoms with van der Waals surface area (Å²) in [4.78, 5) is 12.2. The molecule has 20 heavy (non-hydrogen) atoms. The number of amides is 1. The number of carbonyl (C=O) groups is 1. The van der Waals surface area contributed by atoms with Gasteiger partial charge >= 0.3 is 0 Å². The molecule has 108 valence electrons. The van der Waals surface area contributed by atoms with Gasteiger partial charge in [-0.15, -0.1) is 0 Å². The average molecular weight is 423 g/mol. The van der Waals surface area contributed by atoms with E-state index in [2.05, 4.69) is 42.4 Å². The highest BCUT2D eigenvalue weighted by Crippen LogP contribution is 2.66. The van der Waals surface area contributed by atoms with Crippen LogP contribution in [0.2, 0.25) is 5.02 Å². The lowest BCUT2D eigenvalue weighted by atomic mass is 10.1. The summed E-state index contributed by atoms with van der Waals surface area (Å²) < 4.78 is -0.310. The number of nitrogens with zero attached hydrogens (tertiary/aromatic N) is 1. The molecule has 1 aliphatic rings. The second-order valence-corrected chi connectivity index (χ2v) is 9.28. The monoisotopic (exact) mass is 420 g/mol. The number of hydrogen-bond donors (Lipinski definition) is 1. The van der Waals surface area contributed by atoms with Crippen LogP contribution < -0.4 is 5.43 Å². The molecule has 1 saturated carbocycles. The summed E-state index contributed by atoms with van der Waals surface area (Å²) in [7, 11) is 0. The maximum atomic E-state index is 12.2. The van der Waals surface area contributed by atoms with E-state index in [1.807, 2.05) is 38.1 Å². The minimum atomic E-state index is -0.469. The average Bonchev–Trinajstić information content (AvgIpc) is 2.90. The number of nitrogens with one attached hydrogen (secondary N) is 1. The van der Waals surface area contributed by atoms with Crippen molar-refractivity contribution in [3.63, 3.8) is 0 Å². The predicted octanol–water partition coefficient (Wildman–Crippen LogP) is 4.47. The Morgan fingerprint density at radius 2 is 2.15 bits per heavy atom. The van der Waals surface area contributed by atoms with E-state index in [0.717, 1.165) is 17.7 Å². The van der Waals surface area contributed by atoms with Gasteiger partial charge in [0.1, 0.15) is 0 Å². The summed E-state index contributed by atoms with van der Waals surface area (Å²) in [6.45, 7) is 3.89. The van der Waals surface area contributed by atoms with Crippen molar-refractivity contribution < 1.29 is 4.79 Å².